The third-order valence-corrected chi connectivity index (χ3v) is 5.49. The number of hydrogen-bond donors (Lipinski definition) is 0. The fourth-order valence-corrected chi connectivity index (χ4v) is 3.59. The smallest absolute Gasteiger partial charge is 0.0554 e. The van der Waals surface area contributed by atoms with Gasteiger partial charge in [-0.1, -0.05) is 56.1 Å². The van der Waals surface area contributed by atoms with E-state index in [1.807, 2.05) is 0 Å². The second kappa shape index (κ2) is 10.8. The van der Waals surface area contributed by atoms with E-state index < -0.39 is 0 Å². The zero-order chi connectivity index (χ0) is 19.9. The summed E-state index contributed by atoms with van der Waals surface area (Å²) in [5.74, 6) is 0. The zero-order valence-corrected chi connectivity index (χ0v) is 19.8. The van der Waals surface area contributed by atoms with Crippen LogP contribution < -0.4 is 0 Å². The van der Waals surface area contributed by atoms with Crippen LogP contribution in [0.3, 0.4) is 0 Å². The van der Waals surface area contributed by atoms with Gasteiger partial charge in [0.25, 0.3) is 0 Å². The highest BCUT2D eigenvalue weighted by Crippen LogP contribution is 2.31. The lowest BCUT2D eigenvalue weighted by Crippen LogP contribution is -2.39. The normalized spacial score (nSPS) is 12.1. The molecule has 0 amide bonds. The van der Waals surface area contributed by atoms with E-state index in [2.05, 4.69) is 108 Å². The first-order valence-electron chi connectivity index (χ1n) is 9.50. The summed E-state index contributed by atoms with van der Waals surface area (Å²) >= 11 is 7.06. The molecular weight excluding hydrogens is 468 g/mol. The lowest BCUT2D eigenvalue weighted by Gasteiger charge is -2.35. The summed E-state index contributed by atoms with van der Waals surface area (Å²) in [4.78, 5) is 0. The molecule has 0 heterocycles. The maximum atomic E-state index is 6.13. The minimum atomic E-state index is -0.115. The van der Waals surface area contributed by atoms with Crippen LogP contribution in [0.1, 0.15) is 38.8 Å². The Hall–Kier alpha value is -0.680. The van der Waals surface area contributed by atoms with Gasteiger partial charge in [-0.2, -0.15) is 0 Å². The second-order valence-electron chi connectivity index (χ2n) is 7.83. The molecule has 0 fully saturated rings. The molecule has 0 aliphatic carbocycles. The molecule has 0 unspecified atom stereocenters. The van der Waals surface area contributed by atoms with Crippen molar-refractivity contribution in [2.45, 2.75) is 52.7 Å². The van der Waals surface area contributed by atoms with Crippen molar-refractivity contribution < 1.29 is 9.47 Å². The highest BCUT2D eigenvalue weighted by atomic mass is 79.9. The molecule has 0 spiro atoms. The first-order valence-corrected chi connectivity index (χ1v) is 11.1. The van der Waals surface area contributed by atoms with Gasteiger partial charge in [0.1, 0.15) is 0 Å². The minimum absolute atomic E-state index is 0.115. The van der Waals surface area contributed by atoms with Crippen molar-refractivity contribution in [2.75, 3.05) is 13.2 Å². The maximum Gasteiger partial charge on any atom is 0.0554 e. The van der Waals surface area contributed by atoms with Gasteiger partial charge in [0, 0.05) is 14.4 Å². The molecule has 0 aliphatic heterocycles. The monoisotopic (exact) mass is 496 g/mol. The molecular formula is C23H30Br2O2. The highest BCUT2D eigenvalue weighted by molar-refractivity contribution is 9.10. The van der Waals surface area contributed by atoms with Gasteiger partial charge in [-0.25, -0.2) is 0 Å². The van der Waals surface area contributed by atoms with Crippen LogP contribution in [0.25, 0.3) is 0 Å². The number of halogens is 2. The summed E-state index contributed by atoms with van der Waals surface area (Å²) in [6.07, 6.45) is 2.21. The third kappa shape index (κ3) is 8.06. The first-order chi connectivity index (χ1) is 12.8. The van der Waals surface area contributed by atoms with Crippen LogP contribution in [0.15, 0.2) is 57.5 Å². The van der Waals surface area contributed by atoms with Gasteiger partial charge >= 0.3 is 0 Å². The minimum Gasteiger partial charge on any atom is -0.378 e. The molecule has 0 saturated heterocycles. The number of rotatable bonds is 10. The standard InChI is InChI=1S/C23H30Br2O2/c1-17(2)26-15-23(16-27-18(3)4,13-19-5-9-21(24)10-6-19)14-20-7-11-22(25)12-8-20/h5-12,17-18H,13-16H2,1-4H3. The van der Waals surface area contributed by atoms with E-state index >= 15 is 0 Å². The molecule has 2 nitrogen and oxygen atoms in total. The summed E-state index contributed by atoms with van der Waals surface area (Å²) in [6, 6.07) is 17.2. The maximum absolute atomic E-state index is 6.13. The summed E-state index contributed by atoms with van der Waals surface area (Å²) in [7, 11) is 0. The van der Waals surface area contributed by atoms with E-state index in [9.17, 15) is 0 Å². The summed E-state index contributed by atoms with van der Waals surface area (Å²) in [5, 5.41) is 0. The fourth-order valence-electron chi connectivity index (χ4n) is 3.07. The van der Waals surface area contributed by atoms with Crippen LogP contribution >= 0.6 is 31.9 Å². The van der Waals surface area contributed by atoms with Crippen LogP contribution in [-0.4, -0.2) is 25.4 Å². The average molecular weight is 498 g/mol. The van der Waals surface area contributed by atoms with Gasteiger partial charge in [-0.05, 0) is 75.9 Å². The summed E-state index contributed by atoms with van der Waals surface area (Å²) in [5.41, 5.74) is 2.49. The Kier molecular flexibility index (Phi) is 9.00. The molecule has 0 radical (unpaired) electrons. The number of ether oxygens (including phenoxy) is 2. The van der Waals surface area contributed by atoms with E-state index in [-0.39, 0.29) is 17.6 Å². The molecule has 27 heavy (non-hydrogen) atoms. The molecule has 2 aromatic rings. The second-order valence-corrected chi connectivity index (χ2v) is 9.66. The summed E-state index contributed by atoms with van der Waals surface area (Å²) in [6.45, 7) is 9.70. The Morgan fingerprint density at radius 3 is 1.30 bits per heavy atom. The molecule has 0 bridgehead atoms. The van der Waals surface area contributed by atoms with Gasteiger partial charge in [-0.15, -0.1) is 0 Å². The Bertz CT molecular complexity index is 617. The molecule has 4 heteroatoms. The van der Waals surface area contributed by atoms with Crippen LogP contribution in [0.4, 0.5) is 0 Å². The molecule has 0 atom stereocenters. The third-order valence-electron chi connectivity index (χ3n) is 4.43. The average Bonchev–Trinajstić information content (AvgIpc) is 2.62. The van der Waals surface area contributed by atoms with E-state index in [0.29, 0.717) is 13.2 Å². The topological polar surface area (TPSA) is 18.5 Å². The molecule has 2 rings (SSSR count). The highest BCUT2D eigenvalue weighted by Gasteiger charge is 2.33. The van der Waals surface area contributed by atoms with Crippen molar-refractivity contribution in [3.63, 3.8) is 0 Å². The molecule has 148 valence electrons. The van der Waals surface area contributed by atoms with Crippen LogP contribution in [0, 0.1) is 5.41 Å². The van der Waals surface area contributed by atoms with Crippen molar-refractivity contribution in [1.29, 1.82) is 0 Å². The predicted octanol–water partition coefficient (Wildman–Crippen LogP) is 6.83. The van der Waals surface area contributed by atoms with Crippen molar-refractivity contribution in [1.82, 2.24) is 0 Å². The molecule has 0 aromatic heterocycles. The van der Waals surface area contributed by atoms with E-state index in [0.717, 1.165) is 21.8 Å². The van der Waals surface area contributed by atoms with Gasteiger partial charge in [-0.3, -0.25) is 0 Å². The largest absolute Gasteiger partial charge is 0.378 e. The molecule has 0 saturated carbocycles. The number of benzene rings is 2. The zero-order valence-electron chi connectivity index (χ0n) is 16.7. The Balaban J connectivity index is 2.32. The Morgan fingerprint density at radius 1 is 0.667 bits per heavy atom. The van der Waals surface area contributed by atoms with Crippen LogP contribution in [0.2, 0.25) is 0 Å². The van der Waals surface area contributed by atoms with Crippen molar-refractivity contribution >= 4 is 31.9 Å². The van der Waals surface area contributed by atoms with Gasteiger partial charge in [0.2, 0.25) is 0 Å². The summed E-state index contributed by atoms with van der Waals surface area (Å²) < 4.78 is 14.5. The van der Waals surface area contributed by atoms with Crippen molar-refractivity contribution in [3.05, 3.63) is 68.6 Å². The number of hydrogen-bond acceptors (Lipinski definition) is 2. The van der Waals surface area contributed by atoms with Gasteiger partial charge in [0.05, 0.1) is 25.4 Å². The molecule has 0 aliphatic rings. The van der Waals surface area contributed by atoms with Crippen molar-refractivity contribution in [2.24, 2.45) is 5.41 Å². The van der Waals surface area contributed by atoms with Crippen LogP contribution in [0.5, 0.6) is 0 Å². The van der Waals surface area contributed by atoms with E-state index in [1.54, 1.807) is 0 Å². The lowest BCUT2D eigenvalue weighted by atomic mass is 9.77. The van der Waals surface area contributed by atoms with Gasteiger partial charge in [0.15, 0.2) is 0 Å². The van der Waals surface area contributed by atoms with Crippen molar-refractivity contribution in [3.8, 4) is 0 Å². The molecule has 0 N–H and O–H groups in total. The Labute approximate surface area is 180 Å². The molecule has 2 aromatic carbocycles. The lowest BCUT2D eigenvalue weighted by molar-refractivity contribution is -0.0559. The van der Waals surface area contributed by atoms with Gasteiger partial charge < -0.3 is 9.47 Å². The van der Waals surface area contributed by atoms with E-state index in [4.69, 9.17) is 9.47 Å². The quantitative estimate of drug-likeness (QED) is 0.358. The predicted molar refractivity (Wildman–Crippen MR) is 120 cm³/mol. The fraction of sp³-hybridized carbons (Fsp3) is 0.478. The first kappa shape index (κ1) is 22.6. The van der Waals surface area contributed by atoms with E-state index in [1.165, 1.54) is 11.1 Å². The van der Waals surface area contributed by atoms with Crippen LogP contribution in [-0.2, 0) is 22.3 Å². The Morgan fingerprint density at radius 2 is 1.00 bits per heavy atom. The SMILES string of the molecule is CC(C)OCC(COC(C)C)(Cc1ccc(Br)cc1)Cc1ccc(Br)cc1.